The number of hydrogen-bond acceptors (Lipinski definition) is 2. The Hall–Kier alpha value is -2.94. The van der Waals surface area contributed by atoms with Gasteiger partial charge in [-0.25, -0.2) is 4.68 Å². The summed E-state index contributed by atoms with van der Waals surface area (Å²) >= 11 is 0. The van der Waals surface area contributed by atoms with Gasteiger partial charge in [-0.05, 0) is 43.2 Å². The summed E-state index contributed by atoms with van der Waals surface area (Å²) in [5.41, 5.74) is 6.64. The van der Waals surface area contributed by atoms with E-state index in [2.05, 4.69) is 52.0 Å². The summed E-state index contributed by atoms with van der Waals surface area (Å²) in [6.07, 6.45) is 5.77. The first kappa shape index (κ1) is 20.3. The highest BCUT2D eigenvalue weighted by molar-refractivity contribution is 5.94. The molecular weight excluding hydrogens is 368 g/mol. The average molecular weight is 399 g/mol. The summed E-state index contributed by atoms with van der Waals surface area (Å²) in [5, 5.41) is 4.89. The van der Waals surface area contributed by atoms with Gasteiger partial charge in [0.05, 0.1) is 11.4 Å². The minimum absolute atomic E-state index is 0.0752. The van der Waals surface area contributed by atoms with Crippen molar-refractivity contribution in [2.24, 2.45) is 5.92 Å². The Morgan fingerprint density at radius 3 is 2.43 bits per heavy atom. The van der Waals surface area contributed by atoms with Crippen molar-refractivity contribution in [1.29, 1.82) is 0 Å². The number of nitrogens with zero attached hydrogens (tertiary/aromatic N) is 2. The first-order valence-corrected chi connectivity index (χ1v) is 10.9. The molecule has 0 bridgehead atoms. The van der Waals surface area contributed by atoms with Gasteiger partial charge >= 0.3 is 0 Å². The van der Waals surface area contributed by atoms with Crippen molar-refractivity contribution in [1.82, 2.24) is 9.78 Å². The summed E-state index contributed by atoms with van der Waals surface area (Å²) in [7, 11) is 0. The molecule has 0 radical (unpaired) electrons. The highest BCUT2D eigenvalue weighted by Gasteiger charge is 2.35. The van der Waals surface area contributed by atoms with Gasteiger partial charge in [-0.15, -0.1) is 0 Å². The third kappa shape index (κ3) is 3.89. The van der Waals surface area contributed by atoms with Crippen LogP contribution in [-0.2, 0) is 0 Å². The summed E-state index contributed by atoms with van der Waals surface area (Å²) in [5.74, 6) is 1.13. The lowest BCUT2D eigenvalue weighted by atomic mass is 9.75. The van der Waals surface area contributed by atoms with E-state index in [1.54, 1.807) is 10.8 Å². The zero-order chi connectivity index (χ0) is 21.3. The molecule has 0 spiro atoms. The SMILES string of the molecule is Cc1ccc(C=CC(=O)n2nc(-c3ccccc3)c3c2C(C(C)C)CCC3C)cc1. The van der Waals surface area contributed by atoms with E-state index in [1.165, 1.54) is 11.1 Å². The number of hydrogen-bond donors (Lipinski definition) is 0. The molecule has 2 unspecified atom stereocenters. The lowest BCUT2D eigenvalue weighted by Crippen LogP contribution is -2.23. The fourth-order valence-corrected chi connectivity index (χ4v) is 4.54. The van der Waals surface area contributed by atoms with Crippen LogP contribution in [0.5, 0.6) is 0 Å². The molecule has 1 aliphatic rings. The van der Waals surface area contributed by atoms with Gasteiger partial charge in [-0.2, -0.15) is 5.10 Å². The minimum Gasteiger partial charge on any atom is -0.267 e. The van der Waals surface area contributed by atoms with Gasteiger partial charge in [0, 0.05) is 23.1 Å². The van der Waals surface area contributed by atoms with Crippen LogP contribution in [0.15, 0.2) is 60.7 Å². The maximum absolute atomic E-state index is 13.3. The quantitative estimate of drug-likeness (QED) is 0.451. The molecule has 0 fully saturated rings. The van der Waals surface area contributed by atoms with Crippen LogP contribution in [0, 0.1) is 12.8 Å². The number of fused-ring (bicyclic) bond motifs is 1. The van der Waals surface area contributed by atoms with E-state index in [1.807, 2.05) is 36.4 Å². The van der Waals surface area contributed by atoms with E-state index >= 15 is 0 Å². The Balaban J connectivity index is 1.80. The molecule has 1 aliphatic carbocycles. The molecule has 0 N–H and O–H groups in total. The van der Waals surface area contributed by atoms with Crippen molar-refractivity contribution in [3.8, 4) is 11.3 Å². The van der Waals surface area contributed by atoms with Crippen molar-refractivity contribution in [2.45, 2.75) is 52.4 Å². The summed E-state index contributed by atoms with van der Waals surface area (Å²) in [4.78, 5) is 13.3. The third-order valence-corrected chi connectivity index (χ3v) is 6.27. The minimum atomic E-state index is -0.0752. The number of aromatic nitrogens is 2. The van der Waals surface area contributed by atoms with Gasteiger partial charge in [0.25, 0.3) is 5.91 Å². The molecule has 2 aromatic carbocycles. The lowest BCUT2D eigenvalue weighted by molar-refractivity contribution is 0.0947. The Bertz CT molecular complexity index is 1060. The molecule has 0 saturated carbocycles. The summed E-state index contributed by atoms with van der Waals surface area (Å²) in [6.45, 7) is 8.82. The number of allylic oxidation sites excluding steroid dienone is 1. The molecule has 0 amide bonds. The van der Waals surface area contributed by atoms with E-state index in [0.717, 1.165) is 35.4 Å². The first-order chi connectivity index (χ1) is 14.5. The van der Waals surface area contributed by atoms with Crippen LogP contribution in [0.2, 0.25) is 0 Å². The van der Waals surface area contributed by atoms with E-state index in [-0.39, 0.29) is 5.91 Å². The molecule has 3 aromatic rings. The molecule has 4 rings (SSSR count). The first-order valence-electron chi connectivity index (χ1n) is 10.9. The number of carbonyl (C=O) groups is 1. The summed E-state index contributed by atoms with van der Waals surface area (Å²) in [6, 6.07) is 18.5. The van der Waals surface area contributed by atoms with E-state index in [0.29, 0.717) is 17.8 Å². The highest BCUT2D eigenvalue weighted by atomic mass is 16.2. The Labute approximate surface area is 179 Å². The molecule has 0 saturated heterocycles. The van der Waals surface area contributed by atoms with Crippen LogP contribution in [-0.4, -0.2) is 15.7 Å². The van der Waals surface area contributed by atoms with Crippen LogP contribution in [0.25, 0.3) is 17.3 Å². The fraction of sp³-hybridized carbons (Fsp3) is 0.333. The fourth-order valence-electron chi connectivity index (χ4n) is 4.54. The molecule has 1 heterocycles. The monoisotopic (exact) mass is 398 g/mol. The predicted molar refractivity (Wildman–Crippen MR) is 124 cm³/mol. The van der Waals surface area contributed by atoms with Gasteiger partial charge in [-0.3, -0.25) is 4.79 Å². The zero-order valence-electron chi connectivity index (χ0n) is 18.3. The van der Waals surface area contributed by atoms with Crippen LogP contribution in [0.3, 0.4) is 0 Å². The van der Waals surface area contributed by atoms with Crippen LogP contribution < -0.4 is 0 Å². The van der Waals surface area contributed by atoms with Crippen molar-refractivity contribution < 1.29 is 4.79 Å². The predicted octanol–water partition coefficient (Wildman–Crippen LogP) is 6.85. The maximum Gasteiger partial charge on any atom is 0.271 e. The molecule has 30 heavy (non-hydrogen) atoms. The van der Waals surface area contributed by atoms with Crippen molar-refractivity contribution in [3.63, 3.8) is 0 Å². The van der Waals surface area contributed by atoms with Gasteiger partial charge < -0.3 is 0 Å². The second kappa shape index (κ2) is 8.43. The second-order valence-electron chi connectivity index (χ2n) is 8.84. The zero-order valence-corrected chi connectivity index (χ0v) is 18.3. The summed E-state index contributed by atoms with van der Waals surface area (Å²) < 4.78 is 1.68. The molecule has 3 nitrogen and oxygen atoms in total. The van der Waals surface area contributed by atoms with Gasteiger partial charge in [-0.1, -0.05) is 80.9 Å². The molecule has 154 valence electrons. The number of rotatable bonds is 4. The topological polar surface area (TPSA) is 34.9 Å². The Kier molecular flexibility index (Phi) is 5.72. The second-order valence-corrected chi connectivity index (χ2v) is 8.84. The standard InChI is InChI=1S/C27H30N2O/c1-18(2)23-16-12-20(4)25-26(22-8-6-5-7-9-22)28-29(27(23)25)24(30)17-15-21-13-10-19(3)11-14-21/h5-11,13-15,17-18,20,23H,12,16H2,1-4H3. The lowest BCUT2D eigenvalue weighted by Gasteiger charge is -2.30. The highest BCUT2D eigenvalue weighted by Crippen LogP contribution is 2.46. The van der Waals surface area contributed by atoms with Crippen LogP contribution in [0.1, 0.15) is 72.6 Å². The number of aryl methyl sites for hydroxylation is 1. The molecule has 3 heteroatoms. The van der Waals surface area contributed by atoms with E-state index in [9.17, 15) is 4.79 Å². The van der Waals surface area contributed by atoms with E-state index < -0.39 is 0 Å². The van der Waals surface area contributed by atoms with Crippen molar-refractivity contribution >= 4 is 12.0 Å². The van der Waals surface area contributed by atoms with Gasteiger partial charge in [0.2, 0.25) is 0 Å². The van der Waals surface area contributed by atoms with E-state index in [4.69, 9.17) is 5.10 Å². The van der Waals surface area contributed by atoms with Crippen molar-refractivity contribution in [2.75, 3.05) is 0 Å². The normalized spacial score (nSPS) is 18.7. The average Bonchev–Trinajstić information content (AvgIpc) is 3.15. The smallest absolute Gasteiger partial charge is 0.267 e. The van der Waals surface area contributed by atoms with Gasteiger partial charge in [0.1, 0.15) is 0 Å². The van der Waals surface area contributed by atoms with Crippen molar-refractivity contribution in [3.05, 3.63) is 83.1 Å². The number of benzene rings is 2. The third-order valence-electron chi connectivity index (χ3n) is 6.27. The molecule has 0 aliphatic heterocycles. The largest absolute Gasteiger partial charge is 0.271 e. The molecule has 2 atom stereocenters. The molecule has 1 aromatic heterocycles. The van der Waals surface area contributed by atoms with Crippen LogP contribution in [0.4, 0.5) is 0 Å². The Morgan fingerprint density at radius 1 is 1.07 bits per heavy atom. The van der Waals surface area contributed by atoms with Crippen LogP contribution >= 0.6 is 0 Å². The maximum atomic E-state index is 13.3. The molecular formula is C27H30N2O. The van der Waals surface area contributed by atoms with Gasteiger partial charge in [0.15, 0.2) is 0 Å². The number of carbonyl (C=O) groups excluding carboxylic acids is 1. The Morgan fingerprint density at radius 2 is 1.77 bits per heavy atom.